The fraction of sp³-hybridized carbons (Fsp3) is 0.435. The molecule has 162 valence electrons. The van der Waals surface area contributed by atoms with Gasteiger partial charge in [-0.3, -0.25) is 9.69 Å². The van der Waals surface area contributed by atoms with E-state index < -0.39 is 10.0 Å². The second kappa shape index (κ2) is 9.73. The third-order valence-electron chi connectivity index (χ3n) is 5.63. The van der Waals surface area contributed by atoms with E-state index in [-0.39, 0.29) is 5.91 Å². The van der Waals surface area contributed by atoms with Gasteiger partial charge in [-0.1, -0.05) is 48.9 Å². The zero-order valence-electron chi connectivity index (χ0n) is 18.0. The van der Waals surface area contributed by atoms with E-state index in [4.69, 9.17) is 0 Å². The summed E-state index contributed by atoms with van der Waals surface area (Å²) in [6.07, 6.45) is 1.00. The quantitative estimate of drug-likeness (QED) is 0.679. The van der Waals surface area contributed by atoms with E-state index in [1.807, 2.05) is 31.0 Å². The number of aryl methyl sites for hydroxylation is 2. The van der Waals surface area contributed by atoms with Crippen molar-refractivity contribution in [1.29, 1.82) is 0 Å². The zero-order valence-corrected chi connectivity index (χ0v) is 18.9. The molecule has 0 N–H and O–H groups in total. The van der Waals surface area contributed by atoms with Gasteiger partial charge < -0.3 is 4.90 Å². The lowest BCUT2D eigenvalue weighted by Gasteiger charge is -2.34. The standard InChI is InChI=1S/C23H31N3O3S/c1-4-20-7-9-21(10-8-20)17-24(3)23(27)18-25-13-15-26(16-14-25)30(28,29)22-11-5-19(2)6-12-22/h5-12H,4,13-18H2,1-3H3. The normalized spacial score (nSPS) is 15.8. The van der Waals surface area contributed by atoms with Crippen molar-refractivity contribution in [3.63, 3.8) is 0 Å². The van der Waals surface area contributed by atoms with Crippen LogP contribution >= 0.6 is 0 Å². The highest BCUT2D eigenvalue weighted by Gasteiger charge is 2.29. The van der Waals surface area contributed by atoms with Crippen LogP contribution in [0.5, 0.6) is 0 Å². The van der Waals surface area contributed by atoms with E-state index in [1.165, 1.54) is 9.87 Å². The Hall–Kier alpha value is -2.22. The molecule has 30 heavy (non-hydrogen) atoms. The molecule has 2 aromatic rings. The van der Waals surface area contributed by atoms with Gasteiger partial charge in [0.2, 0.25) is 15.9 Å². The molecule has 1 fully saturated rings. The average molecular weight is 430 g/mol. The molecular formula is C23H31N3O3S. The van der Waals surface area contributed by atoms with Crippen molar-refractivity contribution in [1.82, 2.24) is 14.1 Å². The fourth-order valence-electron chi connectivity index (χ4n) is 3.54. The Balaban J connectivity index is 1.50. The van der Waals surface area contributed by atoms with E-state index >= 15 is 0 Å². The van der Waals surface area contributed by atoms with Crippen molar-refractivity contribution >= 4 is 15.9 Å². The summed E-state index contributed by atoms with van der Waals surface area (Å²) in [5, 5.41) is 0. The number of sulfonamides is 1. The Labute approximate surface area is 180 Å². The van der Waals surface area contributed by atoms with E-state index in [9.17, 15) is 13.2 Å². The maximum Gasteiger partial charge on any atom is 0.243 e. The van der Waals surface area contributed by atoms with Gasteiger partial charge in [0.25, 0.3) is 0 Å². The lowest BCUT2D eigenvalue weighted by atomic mass is 10.1. The highest BCUT2D eigenvalue weighted by atomic mass is 32.2. The van der Waals surface area contributed by atoms with Crippen LogP contribution in [0.4, 0.5) is 0 Å². The van der Waals surface area contributed by atoms with Gasteiger partial charge in [-0.2, -0.15) is 4.31 Å². The molecule has 1 amide bonds. The van der Waals surface area contributed by atoms with Gasteiger partial charge in [0.05, 0.1) is 11.4 Å². The average Bonchev–Trinajstić information content (AvgIpc) is 2.75. The first-order valence-electron chi connectivity index (χ1n) is 10.4. The van der Waals surface area contributed by atoms with Crippen molar-refractivity contribution < 1.29 is 13.2 Å². The summed E-state index contributed by atoms with van der Waals surface area (Å²) < 4.78 is 27.1. The molecule has 0 unspecified atom stereocenters. The highest BCUT2D eigenvalue weighted by Crippen LogP contribution is 2.18. The number of piperazine rings is 1. The Morgan fingerprint density at radius 2 is 1.50 bits per heavy atom. The molecule has 1 heterocycles. The summed E-state index contributed by atoms with van der Waals surface area (Å²) in [6.45, 7) is 6.83. The summed E-state index contributed by atoms with van der Waals surface area (Å²) in [7, 11) is -1.67. The molecule has 0 bridgehead atoms. The fourth-order valence-corrected chi connectivity index (χ4v) is 4.96. The van der Waals surface area contributed by atoms with E-state index in [1.54, 1.807) is 17.0 Å². The van der Waals surface area contributed by atoms with Crippen molar-refractivity contribution in [3.8, 4) is 0 Å². The molecule has 1 aliphatic rings. The summed E-state index contributed by atoms with van der Waals surface area (Å²) in [5.41, 5.74) is 3.42. The smallest absolute Gasteiger partial charge is 0.243 e. The SMILES string of the molecule is CCc1ccc(CN(C)C(=O)CN2CCN(S(=O)(=O)c3ccc(C)cc3)CC2)cc1. The predicted molar refractivity (Wildman–Crippen MR) is 119 cm³/mol. The molecule has 0 saturated carbocycles. The monoisotopic (exact) mass is 429 g/mol. The summed E-state index contributed by atoms with van der Waals surface area (Å²) in [4.78, 5) is 16.7. The van der Waals surface area contributed by atoms with Crippen molar-refractivity contribution in [2.24, 2.45) is 0 Å². The van der Waals surface area contributed by atoms with Crippen LogP contribution in [-0.2, 0) is 27.8 Å². The van der Waals surface area contributed by atoms with Crippen LogP contribution in [0, 0.1) is 6.92 Å². The minimum atomic E-state index is -3.48. The summed E-state index contributed by atoms with van der Waals surface area (Å²) in [5.74, 6) is 0.0457. The number of rotatable bonds is 7. The molecule has 7 heteroatoms. The molecule has 0 aliphatic carbocycles. The van der Waals surface area contributed by atoms with E-state index in [0.717, 1.165) is 17.5 Å². The van der Waals surface area contributed by atoms with Crippen molar-refractivity contribution in [2.75, 3.05) is 39.8 Å². The van der Waals surface area contributed by atoms with Gasteiger partial charge in [-0.25, -0.2) is 8.42 Å². The number of likely N-dealkylation sites (N-methyl/N-ethyl adjacent to an activating group) is 1. The molecule has 3 rings (SSSR count). The minimum absolute atomic E-state index is 0.0457. The molecule has 0 aromatic heterocycles. The van der Waals surface area contributed by atoms with Crippen LogP contribution in [0.1, 0.15) is 23.6 Å². The van der Waals surface area contributed by atoms with Gasteiger partial charge in [-0.05, 0) is 36.6 Å². The number of nitrogens with zero attached hydrogens (tertiary/aromatic N) is 3. The third-order valence-corrected chi connectivity index (χ3v) is 7.54. The zero-order chi connectivity index (χ0) is 21.7. The molecule has 6 nitrogen and oxygen atoms in total. The first-order valence-corrected chi connectivity index (χ1v) is 11.8. The molecule has 0 atom stereocenters. The number of carbonyl (C=O) groups is 1. The van der Waals surface area contributed by atoms with Gasteiger partial charge in [0.15, 0.2) is 0 Å². The third kappa shape index (κ3) is 5.47. The first-order chi connectivity index (χ1) is 14.3. The Morgan fingerprint density at radius 1 is 0.933 bits per heavy atom. The molecule has 1 aliphatic heterocycles. The highest BCUT2D eigenvalue weighted by molar-refractivity contribution is 7.89. The van der Waals surface area contributed by atoms with Gasteiger partial charge >= 0.3 is 0 Å². The van der Waals surface area contributed by atoms with Crippen LogP contribution in [0.25, 0.3) is 0 Å². The maximum atomic E-state index is 12.8. The Morgan fingerprint density at radius 3 is 2.07 bits per heavy atom. The molecular weight excluding hydrogens is 398 g/mol. The minimum Gasteiger partial charge on any atom is -0.340 e. The van der Waals surface area contributed by atoms with Crippen LogP contribution in [0.3, 0.4) is 0 Å². The van der Waals surface area contributed by atoms with E-state index in [2.05, 4.69) is 31.2 Å². The molecule has 0 radical (unpaired) electrons. The van der Waals surface area contributed by atoms with Gasteiger partial charge in [0.1, 0.15) is 0 Å². The Bertz CT molecular complexity index is 948. The van der Waals surface area contributed by atoms with Crippen LogP contribution in [-0.4, -0.2) is 68.2 Å². The molecule has 0 spiro atoms. The summed E-state index contributed by atoms with van der Waals surface area (Å²) >= 11 is 0. The van der Waals surface area contributed by atoms with Gasteiger partial charge in [-0.15, -0.1) is 0 Å². The van der Waals surface area contributed by atoms with Gasteiger partial charge in [0, 0.05) is 39.8 Å². The second-order valence-corrected chi connectivity index (χ2v) is 9.85. The lowest BCUT2D eigenvalue weighted by molar-refractivity contribution is -0.131. The lowest BCUT2D eigenvalue weighted by Crippen LogP contribution is -2.51. The van der Waals surface area contributed by atoms with Crippen LogP contribution < -0.4 is 0 Å². The maximum absolute atomic E-state index is 12.8. The number of hydrogen-bond donors (Lipinski definition) is 0. The number of amides is 1. The van der Waals surface area contributed by atoms with Crippen LogP contribution in [0.2, 0.25) is 0 Å². The number of carbonyl (C=O) groups excluding carboxylic acids is 1. The molecule has 1 saturated heterocycles. The Kier molecular flexibility index (Phi) is 7.28. The largest absolute Gasteiger partial charge is 0.340 e. The first kappa shape index (κ1) is 22.5. The second-order valence-electron chi connectivity index (χ2n) is 7.91. The van der Waals surface area contributed by atoms with E-state index in [0.29, 0.717) is 44.2 Å². The number of hydrogen-bond acceptors (Lipinski definition) is 4. The predicted octanol–water partition coefficient (Wildman–Crippen LogP) is 2.52. The topological polar surface area (TPSA) is 60.9 Å². The number of benzene rings is 2. The van der Waals surface area contributed by atoms with Crippen molar-refractivity contribution in [3.05, 3.63) is 65.2 Å². The van der Waals surface area contributed by atoms with Crippen molar-refractivity contribution in [2.45, 2.75) is 31.7 Å². The summed E-state index contributed by atoms with van der Waals surface area (Å²) in [6, 6.07) is 15.3. The molecule has 2 aromatic carbocycles. The van der Waals surface area contributed by atoms with Crippen LogP contribution in [0.15, 0.2) is 53.4 Å².